The molecule has 0 saturated carbocycles. The molecule has 1 amide bonds. The van der Waals surface area contributed by atoms with Crippen LogP contribution in [0.5, 0.6) is 11.5 Å². The Bertz CT molecular complexity index is 827. The summed E-state index contributed by atoms with van der Waals surface area (Å²) in [4.78, 5) is 21.1. The minimum Gasteiger partial charge on any atom is -0.497 e. The molecule has 2 aliphatic rings. The highest BCUT2D eigenvalue weighted by Crippen LogP contribution is 2.32. The van der Waals surface area contributed by atoms with E-state index in [4.69, 9.17) is 9.47 Å². The maximum Gasteiger partial charge on any atom is 0.242 e. The molecule has 4 rings (SSSR count). The van der Waals surface area contributed by atoms with Crippen LogP contribution in [0, 0.1) is 0 Å². The zero-order valence-electron chi connectivity index (χ0n) is 13.9. The van der Waals surface area contributed by atoms with Crippen LogP contribution in [-0.2, 0) is 17.9 Å². The molecule has 0 saturated heterocycles. The van der Waals surface area contributed by atoms with Crippen molar-refractivity contribution in [3.8, 4) is 11.5 Å². The number of rotatable bonds is 3. The lowest BCUT2D eigenvalue weighted by Crippen LogP contribution is -2.42. The molecule has 6 nitrogen and oxygen atoms in total. The lowest BCUT2D eigenvalue weighted by atomic mass is 10.1. The number of hydrogen-bond acceptors (Lipinski definition) is 5. The average Bonchev–Trinajstić information content (AvgIpc) is 3.05. The summed E-state index contributed by atoms with van der Waals surface area (Å²) in [5.74, 6) is 2.35. The number of carbonyl (C=O) groups is 1. The second-order valence-electron chi connectivity index (χ2n) is 6.13. The third kappa shape index (κ3) is 3.16. The number of ether oxygens (including phenoxy) is 2. The van der Waals surface area contributed by atoms with Gasteiger partial charge in [0.2, 0.25) is 5.91 Å². The summed E-state index contributed by atoms with van der Waals surface area (Å²) >= 11 is 3.40. The maximum absolute atomic E-state index is 12.8. The molecule has 2 aliphatic heterocycles. The Labute approximate surface area is 154 Å². The lowest BCUT2D eigenvalue weighted by Gasteiger charge is -2.30. The van der Waals surface area contributed by atoms with Gasteiger partial charge in [0.05, 0.1) is 20.2 Å². The highest BCUT2D eigenvalue weighted by molar-refractivity contribution is 9.10. The first-order valence-electron chi connectivity index (χ1n) is 8.11. The molecular formula is C18H18BrN3O3. The molecule has 7 heteroatoms. The van der Waals surface area contributed by atoms with E-state index < -0.39 is 0 Å². The molecule has 0 aliphatic carbocycles. The molecule has 1 aromatic heterocycles. The van der Waals surface area contributed by atoms with Crippen molar-refractivity contribution in [1.82, 2.24) is 9.88 Å². The van der Waals surface area contributed by atoms with Gasteiger partial charge in [-0.05, 0) is 45.3 Å². The number of aromatic nitrogens is 1. The SMILES string of the molecule is COc1ccc2c(c1)CN(C(=O)CN1CCOc3cc(Br)cnc31)C2. The highest BCUT2D eigenvalue weighted by Gasteiger charge is 2.28. The Hall–Kier alpha value is -2.28. The topological polar surface area (TPSA) is 54.9 Å². The second kappa shape index (κ2) is 6.55. The summed E-state index contributed by atoms with van der Waals surface area (Å²) in [5, 5.41) is 0. The molecule has 0 atom stereocenters. The first kappa shape index (κ1) is 16.2. The van der Waals surface area contributed by atoms with E-state index in [0.29, 0.717) is 38.5 Å². The monoisotopic (exact) mass is 403 g/mol. The van der Waals surface area contributed by atoms with Gasteiger partial charge in [-0.25, -0.2) is 4.98 Å². The molecule has 0 bridgehead atoms. The van der Waals surface area contributed by atoms with E-state index in [1.54, 1.807) is 13.3 Å². The summed E-state index contributed by atoms with van der Waals surface area (Å²) < 4.78 is 11.8. The standard InChI is InChI=1S/C18H18BrN3O3/c1-24-15-3-2-12-9-22(10-13(12)6-15)17(23)11-21-4-5-25-16-7-14(19)8-20-18(16)21/h2-3,6-8H,4-5,9-11H2,1H3. The van der Waals surface area contributed by atoms with Crippen molar-refractivity contribution in [2.45, 2.75) is 13.1 Å². The van der Waals surface area contributed by atoms with Crippen LogP contribution in [0.25, 0.3) is 0 Å². The smallest absolute Gasteiger partial charge is 0.242 e. The van der Waals surface area contributed by atoms with Crippen LogP contribution in [0.15, 0.2) is 34.9 Å². The van der Waals surface area contributed by atoms with Crippen LogP contribution in [0.2, 0.25) is 0 Å². The number of pyridine rings is 1. The van der Waals surface area contributed by atoms with Gasteiger partial charge in [0.25, 0.3) is 0 Å². The second-order valence-corrected chi connectivity index (χ2v) is 7.05. The van der Waals surface area contributed by atoms with Crippen LogP contribution >= 0.6 is 15.9 Å². The van der Waals surface area contributed by atoms with Gasteiger partial charge in [-0.3, -0.25) is 4.79 Å². The third-order valence-electron chi connectivity index (χ3n) is 4.53. The molecular weight excluding hydrogens is 386 g/mol. The number of nitrogens with zero attached hydrogens (tertiary/aromatic N) is 3. The molecule has 1 aromatic carbocycles. The van der Waals surface area contributed by atoms with E-state index in [2.05, 4.69) is 20.9 Å². The quantitative estimate of drug-likeness (QED) is 0.788. The fourth-order valence-electron chi connectivity index (χ4n) is 3.22. The Balaban J connectivity index is 1.47. The normalized spacial score (nSPS) is 15.4. The molecule has 0 unspecified atom stereocenters. The number of fused-ring (bicyclic) bond motifs is 2. The van der Waals surface area contributed by atoms with Gasteiger partial charge in [-0.15, -0.1) is 0 Å². The predicted molar refractivity (Wildman–Crippen MR) is 96.9 cm³/mol. The number of carbonyl (C=O) groups excluding carboxylic acids is 1. The summed E-state index contributed by atoms with van der Waals surface area (Å²) in [6.07, 6.45) is 1.73. The number of hydrogen-bond donors (Lipinski definition) is 0. The maximum atomic E-state index is 12.8. The van der Waals surface area contributed by atoms with Gasteiger partial charge in [0.1, 0.15) is 12.4 Å². The van der Waals surface area contributed by atoms with Crippen molar-refractivity contribution >= 4 is 27.7 Å². The van der Waals surface area contributed by atoms with Crippen LogP contribution in [0.3, 0.4) is 0 Å². The molecule has 2 aromatic rings. The van der Waals surface area contributed by atoms with Crippen LogP contribution in [-0.4, -0.2) is 42.6 Å². The Morgan fingerprint density at radius 2 is 2.16 bits per heavy atom. The fourth-order valence-corrected chi connectivity index (χ4v) is 3.53. The van der Waals surface area contributed by atoms with Crippen LogP contribution in [0.4, 0.5) is 5.82 Å². The van der Waals surface area contributed by atoms with Crippen molar-refractivity contribution in [3.05, 3.63) is 46.1 Å². The molecule has 0 radical (unpaired) electrons. The minimum atomic E-state index is 0.0905. The van der Waals surface area contributed by atoms with Gasteiger partial charge in [0.15, 0.2) is 11.6 Å². The van der Waals surface area contributed by atoms with E-state index in [-0.39, 0.29) is 5.91 Å². The largest absolute Gasteiger partial charge is 0.497 e. The molecule has 3 heterocycles. The summed E-state index contributed by atoms with van der Waals surface area (Å²) in [6, 6.07) is 7.86. The Morgan fingerprint density at radius 1 is 1.32 bits per heavy atom. The van der Waals surface area contributed by atoms with Gasteiger partial charge < -0.3 is 19.3 Å². The molecule has 0 N–H and O–H groups in total. The average molecular weight is 404 g/mol. The molecule has 25 heavy (non-hydrogen) atoms. The third-order valence-corrected chi connectivity index (χ3v) is 4.97. The van der Waals surface area contributed by atoms with Gasteiger partial charge in [0, 0.05) is 23.8 Å². The number of benzene rings is 1. The van der Waals surface area contributed by atoms with Crippen LogP contribution in [0.1, 0.15) is 11.1 Å². The van der Waals surface area contributed by atoms with Crippen molar-refractivity contribution < 1.29 is 14.3 Å². The van der Waals surface area contributed by atoms with Crippen molar-refractivity contribution in [3.63, 3.8) is 0 Å². The van der Waals surface area contributed by atoms with Crippen molar-refractivity contribution in [2.24, 2.45) is 0 Å². The summed E-state index contributed by atoms with van der Waals surface area (Å²) in [7, 11) is 1.65. The number of halogens is 1. The zero-order valence-corrected chi connectivity index (χ0v) is 15.5. The Kier molecular flexibility index (Phi) is 4.25. The van der Waals surface area contributed by atoms with Crippen molar-refractivity contribution in [2.75, 3.05) is 31.7 Å². The highest BCUT2D eigenvalue weighted by atomic mass is 79.9. The minimum absolute atomic E-state index is 0.0905. The molecule has 0 fully saturated rings. The molecule has 130 valence electrons. The summed E-state index contributed by atoms with van der Waals surface area (Å²) in [6.45, 7) is 2.77. The van der Waals surface area contributed by atoms with E-state index >= 15 is 0 Å². The van der Waals surface area contributed by atoms with E-state index in [1.165, 1.54) is 5.56 Å². The number of methoxy groups -OCH3 is 1. The number of anilines is 1. The lowest BCUT2D eigenvalue weighted by molar-refractivity contribution is -0.130. The number of amides is 1. The van der Waals surface area contributed by atoms with E-state index in [1.807, 2.05) is 34.1 Å². The van der Waals surface area contributed by atoms with Crippen LogP contribution < -0.4 is 14.4 Å². The van der Waals surface area contributed by atoms with Crippen molar-refractivity contribution in [1.29, 1.82) is 0 Å². The van der Waals surface area contributed by atoms with Gasteiger partial charge in [-0.1, -0.05) is 6.07 Å². The Morgan fingerprint density at radius 3 is 3.00 bits per heavy atom. The molecule has 0 spiro atoms. The summed E-state index contributed by atoms with van der Waals surface area (Å²) in [5.41, 5.74) is 2.33. The first-order chi connectivity index (χ1) is 12.1. The predicted octanol–water partition coefficient (Wildman–Crippen LogP) is 2.59. The van der Waals surface area contributed by atoms with E-state index in [9.17, 15) is 4.79 Å². The fraction of sp³-hybridized carbons (Fsp3) is 0.333. The van der Waals surface area contributed by atoms with Gasteiger partial charge >= 0.3 is 0 Å². The van der Waals surface area contributed by atoms with Gasteiger partial charge in [-0.2, -0.15) is 0 Å². The zero-order chi connectivity index (χ0) is 17.4. The first-order valence-corrected chi connectivity index (χ1v) is 8.90. The van der Waals surface area contributed by atoms with E-state index in [0.717, 1.165) is 21.6 Å².